The second-order valence-corrected chi connectivity index (χ2v) is 6.12. The zero-order valence-electron chi connectivity index (χ0n) is 13.7. The van der Waals surface area contributed by atoms with Crippen molar-refractivity contribution >= 4 is 28.9 Å². The van der Waals surface area contributed by atoms with Crippen LogP contribution in [-0.4, -0.2) is 16.2 Å². The molecule has 0 aliphatic heterocycles. The van der Waals surface area contributed by atoms with E-state index in [0.29, 0.717) is 11.3 Å². The van der Waals surface area contributed by atoms with Crippen molar-refractivity contribution in [3.63, 3.8) is 0 Å². The zero-order chi connectivity index (χ0) is 17.1. The molecule has 23 heavy (non-hydrogen) atoms. The smallest absolute Gasteiger partial charge is 0.257 e. The Labute approximate surface area is 141 Å². The fourth-order valence-corrected chi connectivity index (χ4v) is 2.67. The normalized spacial score (nSPS) is 10.3. The Morgan fingerprint density at radius 2 is 1.61 bits per heavy atom. The lowest BCUT2D eigenvalue weighted by atomic mass is 10.1. The molecule has 2 rings (SSSR count). The molecule has 2 aromatic carbocycles. The number of hydrogen-bond acceptors (Lipinski definition) is 3. The lowest BCUT2D eigenvalue weighted by Gasteiger charge is -2.20. The monoisotopic (exact) mass is 328 g/mol. The number of carbonyl (C=O) groups is 1. The number of benzene rings is 2. The summed E-state index contributed by atoms with van der Waals surface area (Å²) in [5.41, 5.74) is 5.01. The summed E-state index contributed by atoms with van der Waals surface area (Å²) < 4.78 is 0. The fourth-order valence-electron chi connectivity index (χ4n) is 2.48. The van der Waals surface area contributed by atoms with Crippen molar-refractivity contribution in [3.05, 3.63) is 64.2 Å². The third kappa shape index (κ3) is 4.15. The number of aryl methyl sites for hydroxylation is 4. The van der Waals surface area contributed by atoms with Crippen LogP contribution in [0.15, 0.2) is 36.4 Å². The molecule has 0 aliphatic carbocycles. The topological polar surface area (TPSA) is 52.6 Å². The molecular formula is C18H20N2O2S. The molecule has 4 nitrogen and oxygen atoms in total. The average molecular weight is 328 g/mol. The maximum atomic E-state index is 12.3. The van der Waals surface area contributed by atoms with Gasteiger partial charge >= 0.3 is 0 Å². The summed E-state index contributed by atoms with van der Waals surface area (Å²) in [6, 6.07) is 11.1. The van der Waals surface area contributed by atoms with Crippen LogP contribution in [0.1, 0.15) is 32.6 Å². The molecule has 0 spiro atoms. The second kappa shape index (κ2) is 6.89. The second-order valence-electron chi connectivity index (χ2n) is 5.74. The van der Waals surface area contributed by atoms with E-state index >= 15 is 0 Å². The first-order chi connectivity index (χ1) is 10.8. The molecule has 2 aromatic rings. The van der Waals surface area contributed by atoms with Gasteiger partial charge in [-0.05, 0) is 63.7 Å². The van der Waals surface area contributed by atoms with Gasteiger partial charge in [0.25, 0.3) is 5.91 Å². The van der Waals surface area contributed by atoms with Gasteiger partial charge in [-0.1, -0.05) is 34.9 Å². The largest absolute Gasteiger partial charge is 0.297 e. The van der Waals surface area contributed by atoms with Gasteiger partial charge in [0, 0.05) is 5.56 Å². The van der Waals surface area contributed by atoms with Gasteiger partial charge in [0.2, 0.25) is 5.11 Å². The lowest BCUT2D eigenvalue weighted by Crippen LogP contribution is -2.41. The van der Waals surface area contributed by atoms with E-state index in [1.807, 2.05) is 45.9 Å². The van der Waals surface area contributed by atoms with Gasteiger partial charge in [-0.25, -0.2) is 0 Å². The maximum absolute atomic E-state index is 12.3. The zero-order valence-corrected chi connectivity index (χ0v) is 14.5. The average Bonchev–Trinajstić information content (AvgIpc) is 2.45. The van der Waals surface area contributed by atoms with Crippen molar-refractivity contribution in [1.82, 2.24) is 5.32 Å². The Balaban J connectivity index is 2.15. The van der Waals surface area contributed by atoms with E-state index in [9.17, 15) is 10.0 Å². The summed E-state index contributed by atoms with van der Waals surface area (Å²) in [7, 11) is 0. The van der Waals surface area contributed by atoms with Crippen molar-refractivity contribution < 1.29 is 10.0 Å². The van der Waals surface area contributed by atoms with Crippen LogP contribution in [0.4, 0.5) is 5.69 Å². The van der Waals surface area contributed by atoms with E-state index in [-0.39, 0.29) is 11.0 Å². The summed E-state index contributed by atoms with van der Waals surface area (Å²) in [6.45, 7) is 7.70. The molecule has 0 aromatic heterocycles. The maximum Gasteiger partial charge on any atom is 0.257 e. The number of amides is 1. The SMILES string of the molecule is Cc1cc(C)cc(C(=O)NC(=S)N(O)c2ccc(C)cc2C)c1. The molecule has 5 heteroatoms. The molecule has 0 saturated carbocycles. The Morgan fingerprint density at radius 3 is 2.17 bits per heavy atom. The van der Waals surface area contributed by atoms with Crippen LogP contribution in [0, 0.1) is 27.7 Å². The van der Waals surface area contributed by atoms with E-state index in [2.05, 4.69) is 5.32 Å². The minimum atomic E-state index is -0.342. The van der Waals surface area contributed by atoms with Crippen molar-refractivity contribution in [2.45, 2.75) is 27.7 Å². The Bertz CT molecular complexity index is 751. The molecule has 0 atom stereocenters. The Hall–Kier alpha value is -2.24. The van der Waals surface area contributed by atoms with E-state index in [1.54, 1.807) is 18.2 Å². The van der Waals surface area contributed by atoms with Gasteiger partial charge in [0.1, 0.15) is 0 Å². The molecule has 0 fully saturated rings. The van der Waals surface area contributed by atoms with E-state index in [4.69, 9.17) is 12.2 Å². The predicted octanol–water partition coefficient (Wildman–Crippen LogP) is 3.83. The van der Waals surface area contributed by atoms with Crippen LogP contribution in [-0.2, 0) is 0 Å². The van der Waals surface area contributed by atoms with Crippen LogP contribution < -0.4 is 10.4 Å². The van der Waals surface area contributed by atoms with Crippen LogP contribution in [0.2, 0.25) is 0 Å². The first-order valence-corrected chi connectivity index (χ1v) is 7.68. The molecule has 0 aliphatic rings. The summed E-state index contributed by atoms with van der Waals surface area (Å²) >= 11 is 5.14. The fraction of sp³-hybridized carbons (Fsp3) is 0.222. The predicted molar refractivity (Wildman–Crippen MR) is 96.2 cm³/mol. The van der Waals surface area contributed by atoms with Gasteiger partial charge in [0.15, 0.2) is 0 Å². The number of nitrogens with one attached hydrogen (secondary N) is 1. The summed E-state index contributed by atoms with van der Waals surface area (Å²) in [5.74, 6) is -0.342. The molecule has 0 unspecified atom stereocenters. The lowest BCUT2D eigenvalue weighted by molar-refractivity contribution is 0.0974. The Morgan fingerprint density at radius 1 is 1.00 bits per heavy atom. The first-order valence-electron chi connectivity index (χ1n) is 7.28. The number of anilines is 1. The van der Waals surface area contributed by atoms with Gasteiger partial charge < -0.3 is 0 Å². The van der Waals surface area contributed by atoms with Crippen molar-refractivity contribution in [2.75, 3.05) is 5.06 Å². The van der Waals surface area contributed by atoms with Crippen LogP contribution in [0.5, 0.6) is 0 Å². The number of carbonyl (C=O) groups excluding carboxylic acids is 1. The third-order valence-corrected chi connectivity index (χ3v) is 3.75. The highest BCUT2D eigenvalue weighted by Gasteiger charge is 2.16. The molecule has 1 amide bonds. The molecule has 0 bridgehead atoms. The number of hydrogen-bond donors (Lipinski definition) is 2. The number of nitrogens with zero attached hydrogens (tertiary/aromatic N) is 1. The van der Waals surface area contributed by atoms with Gasteiger partial charge in [-0.2, -0.15) is 5.06 Å². The van der Waals surface area contributed by atoms with Gasteiger partial charge in [0.05, 0.1) is 5.69 Å². The van der Waals surface area contributed by atoms with Crippen LogP contribution >= 0.6 is 12.2 Å². The highest BCUT2D eigenvalue weighted by molar-refractivity contribution is 7.80. The van der Waals surface area contributed by atoms with Gasteiger partial charge in [-0.15, -0.1) is 0 Å². The van der Waals surface area contributed by atoms with E-state index in [1.165, 1.54) is 0 Å². The third-order valence-electron chi connectivity index (χ3n) is 3.48. The van der Waals surface area contributed by atoms with E-state index < -0.39 is 0 Å². The minimum absolute atomic E-state index is 0.0545. The van der Waals surface area contributed by atoms with Crippen molar-refractivity contribution in [2.24, 2.45) is 0 Å². The highest BCUT2D eigenvalue weighted by atomic mass is 32.1. The number of rotatable bonds is 2. The molecular weight excluding hydrogens is 308 g/mol. The van der Waals surface area contributed by atoms with Gasteiger partial charge in [-0.3, -0.25) is 15.3 Å². The van der Waals surface area contributed by atoms with Crippen molar-refractivity contribution in [3.8, 4) is 0 Å². The molecule has 0 radical (unpaired) electrons. The van der Waals surface area contributed by atoms with Crippen LogP contribution in [0.3, 0.4) is 0 Å². The first kappa shape index (κ1) is 17.1. The summed E-state index contributed by atoms with van der Waals surface area (Å²) in [4.78, 5) is 12.3. The van der Waals surface area contributed by atoms with Crippen LogP contribution in [0.25, 0.3) is 0 Å². The molecule has 0 saturated heterocycles. The standard InChI is InChI=1S/C18H20N2O2S/c1-11-5-6-16(14(4)8-11)20(22)18(23)19-17(21)15-9-12(2)7-13(3)10-15/h5-10,22H,1-4H3,(H,19,21,23). The van der Waals surface area contributed by atoms with Crippen molar-refractivity contribution in [1.29, 1.82) is 0 Å². The summed E-state index contributed by atoms with van der Waals surface area (Å²) in [6.07, 6.45) is 0. The Kier molecular flexibility index (Phi) is 5.13. The molecule has 2 N–H and O–H groups in total. The van der Waals surface area contributed by atoms with E-state index in [0.717, 1.165) is 27.3 Å². The highest BCUT2D eigenvalue weighted by Crippen LogP contribution is 2.20. The minimum Gasteiger partial charge on any atom is -0.297 e. The summed E-state index contributed by atoms with van der Waals surface area (Å²) in [5, 5.41) is 13.6. The molecule has 120 valence electrons. The number of hydroxylamine groups is 1. The number of thiocarbonyl (C=S) groups is 1. The molecule has 0 heterocycles. The quantitative estimate of drug-likeness (QED) is 0.650.